The van der Waals surface area contributed by atoms with Crippen LogP contribution in [0.25, 0.3) is 21.7 Å². The van der Waals surface area contributed by atoms with E-state index in [2.05, 4.69) is 25.9 Å². The number of amides is 1. The fraction of sp³-hybridized carbons (Fsp3) is 0.521. The number of anilines is 3. The minimum Gasteiger partial charge on any atom is -0.494 e. The number of aromatic nitrogens is 3. The molecule has 2 saturated carbocycles. The Hall–Kier alpha value is -5.76. The second kappa shape index (κ2) is 19.5. The molecule has 0 spiro atoms. The number of aryl methyl sites for hydroxylation is 1. The molecule has 3 fully saturated rings. The lowest BCUT2D eigenvalue weighted by Crippen LogP contribution is -2.47. The average molecular weight is 935 g/mol. The van der Waals surface area contributed by atoms with Crippen LogP contribution in [0.2, 0.25) is 0 Å². The van der Waals surface area contributed by atoms with Gasteiger partial charge in [0.1, 0.15) is 24.1 Å². The van der Waals surface area contributed by atoms with E-state index in [1.807, 2.05) is 19.2 Å². The fourth-order valence-corrected chi connectivity index (χ4v) is 9.53. The third-order valence-corrected chi connectivity index (χ3v) is 13.4. The van der Waals surface area contributed by atoms with Crippen molar-refractivity contribution in [3.63, 3.8) is 0 Å². The normalized spacial score (nSPS) is 22.1. The van der Waals surface area contributed by atoms with Crippen LogP contribution < -0.4 is 31.2 Å². The summed E-state index contributed by atoms with van der Waals surface area (Å²) in [6.45, 7) is 4.78. The molecule has 1 saturated heterocycles. The molecular formula is C48H61F3N8O8. The molecule has 2 aliphatic carbocycles. The van der Waals surface area contributed by atoms with Crippen molar-refractivity contribution >= 4 is 44.8 Å². The van der Waals surface area contributed by atoms with E-state index in [4.69, 9.17) is 19.9 Å². The molecule has 3 aliphatic rings. The topological polar surface area (TPSA) is 222 Å². The van der Waals surface area contributed by atoms with Gasteiger partial charge in [-0.15, -0.1) is 0 Å². The Morgan fingerprint density at radius 2 is 1.78 bits per heavy atom. The zero-order valence-electron chi connectivity index (χ0n) is 38.2. The second-order valence-corrected chi connectivity index (χ2v) is 18.5. The van der Waals surface area contributed by atoms with E-state index in [-0.39, 0.29) is 40.9 Å². The summed E-state index contributed by atoms with van der Waals surface area (Å²) in [5.74, 6) is 1.52. The van der Waals surface area contributed by atoms with Crippen molar-refractivity contribution in [2.24, 2.45) is 5.41 Å². The molecule has 4 atom stereocenters. The van der Waals surface area contributed by atoms with E-state index in [1.165, 1.54) is 17.7 Å². The van der Waals surface area contributed by atoms with Crippen molar-refractivity contribution in [2.45, 2.75) is 121 Å². The minimum atomic E-state index is -4.55. The number of halogens is 3. The van der Waals surface area contributed by atoms with Crippen molar-refractivity contribution in [1.82, 2.24) is 24.8 Å². The van der Waals surface area contributed by atoms with Gasteiger partial charge in [-0.05, 0) is 114 Å². The van der Waals surface area contributed by atoms with Crippen molar-refractivity contribution in [3.05, 3.63) is 65.5 Å². The summed E-state index contributed by atoms with van der Waals surface area (Å²) in [6.07, 6.45) is 0.261. The molecule has 362 valence electrons. The number of alkyl halides is 3. The molecule has 1 amide bonds. The van der Waals surface area contributed by atoms with Gasteiger partial charge in [-0.2, -0.15) is 13.2 Å². The molecule has 3 aromatic carbocycles. The number of aromatic hydroxyl groups is 2. The number of nitrogen functional groups attached to an aromatic ring is 1. The number of aliphatic hydroxyl groups is 2. The van der Waals surface area contributed by atoms with E-state index in [9.17, 15) is 38.4 Å². The quantitative estimate of drug-likeness (QED) is 0.0335. The van der Waals surface area contributed by atoms with Crippen molar-refractivity contribution in [2.75, 3.05) is 50.3 Å². The van der Waals surface area contributed by atoms with Gasteiger partial charge in [-0.1, -0.05) is 6.07 Å². The molecule has 1 aliphatic heterocycles. The van der Waals surface area contributed by atoms with Gasteiger partial charge >= 0.3 is 6.18 Å². The summed E-state index contributed by atoms with van der Waals surface area (Å²) >= 11 is 0. The van der Waals surface area contributed by atoms with Gasteiger partial charge in [0.15, 0.2) is 11.5 Å². The van der Waals surface area contributed by atoms with Crippen LogP contribution in [0, 0.1) is 12.3 Å². The molecule has 16 nitrogen and oxygen atoms in total. The SMILES string of the molecule is COc1cc2nc(C)nc(N[C@H](C)c3cc(N)cc(C(F)(F)F)c3)c2cc1OCC1(CN(C)C(=O)CCCOC2CCC(Nc3cccc4c(O)n(C5CCC(O)NC5O)c(O)c34)CC2)CC1. The van der Waals surface area contributed by atoms with Crippen molar-refractivity contribution < 1.29 is 52.6 Å². The highest BCUT2D eigenvalue weighted by Crippen LogP contribution is 2.48. The van der Waals surface area contributed by atoms with Crippen LogP contribution >= 0.6 is 0 Å². The number of methoxy groups -OCH3 is 1. The van der Waals surface area contributed by atoms with Gasteiger partial charge in [0.2, 0.25) is 17.7 Å². The number of ether oxygens (including phenoxy) is 3. The van der Waals surface area contributed by atoms with Crippen LogP contribution in [0.5, 0.6) is 23.3 Å². The largest absolute Gasteiger partial charge is 0.494 e. The first-order valence-corrected chi connectivity index (χ1v) is 22.9. The lowest BCUT2D eigenvalue weighted by atomic mass is 9.92. The fourth-order valence-electron chi connectivity index (χ4n) is 9.53. The number of aliphatic hydroxyl groups excluding tert-OH is 2. The number of benzene rings is 3. The number of carbonyl (C=O) groups excluding carboxylic acids is 1. The number of rotatable bonds is 17. The van der Waals surface area contributed by atoms with Crippen molar-refractivity contribution in [1.29, 1.82) is 0 Å². The highest BCUT2D eigenvalue weighted by Gasteiger charge is 2.45. The molecular weight excluding hydrogens is 874 g/mol. The van der Waals surface area contributed by atoms with Crippen LogP contribution in [0.1, 0.15) is 100 Å². The van der Waals surface area contributed by atoms with Crippen LogP contribution in [0.3, 0.4) is 0 Å². The van der Waals surface area contributed by atoms with E-state index in [0.717, 1.165) is 50.7 Å². The zero-order chi connectivity index (χ0) is 47.8. The maximum atomic E-state index is 13.6. The third-order valence-electron chi connectivity index (χ3n) is 13.4. The molecule has 3 heterocycles. The van der Waals surface area contributed by atoms with Gasteiger partial charge in [-0.3, -0.25) is 14.7 Å². The Bertz CT molecular complexity index is 2580. The Balaban J connectivity index is 0.803. The third kappa shape index (κ3) is 10.7. The summed E-state index contributed by atoms with van der Waals surface area (Å²) in [5.41, 5.74) is 6.39. The Kier molecular flexibility index (Phi) is 13.9. The summed E-state index contributed by atoms with van der Waals surface area (Å²) < 4.78 is 60.4. The van der Waals surface area contributed by atoms with Gasteiger partial charge < -0.3 is 55.9 Å². The number of hydrogen-bond acceptors (Lipinski definition) is 14. The molecule has 9 N–H and O–H groups in total. The van der Waals surface area contributed by atoms with E-state index in [1.54, 1.807) is 36.9 Å². The zero-order valence-corrected chi connectivity index (χ0v) is 38.2. The van der Waals surface area contributed by atoms with Gasteiger partial charge in [-0.25, -0.2) is 9.97 Å². The average Bonchev–Trinajstić information content (AvgIpc) is 4.00. The number of nitrogens with two attached hydrogens (primary N) is 1. The maximum absolute atomic E-state index is 13.6. The van der Waals surface area contributed by atoms with Crippen LogP contribution in [0.15, 0.2) is 48.5 Å². The molecule has 2 aromatic heterocycles. The first kappa shape index (κ1) is 47.7. The molecule has 0 radical (unpaired) electrons. The number of nitrogens with one attached hydrogen (secondary N) is 3. The minimum absolute atomic E-state index is 0.00409. The molecule has 5 aromatic rings. The summed E-state index contributed by atoms with van der Waals surface area (Å²) in [7, 11) is 3.34. The monoisotopic (exact) mass is 934 g/mol. The van der Waals surface area contributed by atoms with Gasteiger partial charge in [0, 0.05) is 66.3 Å². The first-order valence-electron chi connectivity index (χ1n) is 22.9. The highest BCUT2D eigenvalue weighted by atomic mass is 19.4. The predicted octanol–water partition coefficient (Wildman–Crippen LogP) is 7.49. The van der Waals surface area contributed by atoms with Crippen LogP contribution in [-0.2, 0) is 15.7 Å². The number of nitrogens with zero attached hydrogens (tertiary/aromatic N) is 4. The van der Waals surface area contributed by atoms with Crippen molar-refractivity contribution in [3.8, 4) is 23.3 Å². The summed E-state index contributed by atoms with van der Waals surface area (Å²) in [5, 5.41) is 53.8. The Labute approximate surface area is 386 Å². The molecule has 67 heavy (non-hydrogen) atoms. The second-order valence-electron chi connectivity index (χ2n) is 18.5. The standard InChI is InChI=1S/C48H61F3N8O8/c1-26(28-19-29(48(49,50)51)21-30(52)20-28)53-43-34-22-39(38(65-4)23-36(34)54-27(2)55-43)67-25-47(16-17-47)24-58(3)41(61)9-6-18-66-32-12-10-31(11-13-32)56-35-8-5-7-33-42(35)46(64)59(45(33)63)37-14-15-40(60)57-44(37)62/h5,7-8,19-23,26,31-32,37,40,44,56-57,60,62-64H,6,9-18,24-25,52H2,1-4H3,(H,53,54,55)/t26-,31?,32?,37?,40?,44?/m1/s1. The Morgan fingerprint density at radius 3 is 2.48 bits per heavy atom. The van der Waals surface area contributed by atoms with Gasteiger partial charge in [0.05, 0.1) is 48.4 Å². The molecule has 0 bridgehead atoms. The number of piperidine rings is 1. The number of carbonyl (C=O) groups is 1. The maximum Gasteiger partial charge on any atom is 0.416 e. The smallest absolute Gasteiger partial charge is 0.416 e. The van der Waals surface area contributed by atoms with Crippen LogP contribution in [0.4, 0.5) is 30.4 Å². The molecule has 3 unspecified atom stereocenters. The number of hydrogen-bond donors (Lipinski definition) is 8. The van der Waals surface area contributed by atoms with E-state index >= 15 is 0 Å². The lowest BCUT2D eigenvalue weighted by Gasteiger charge is -2.33. The van der Waals surface area contributed by atoms with Crippen LogP contribution in [-0.4, -0.2) is 104 Å². The summed E-state index contributed by atoms with van der Waals surface area (Å²) in [6, 6.07) is 11.3. The molecule has 19 heteroatoms. The lowest BCUT2D eigenvalue weighted by molar-refractivity contribution is -0.137. The van der Waals surface area contributed by atoms with Gasteiger partial charge in [0.25, 0.3) is 0 Å². The molecule has 8 rings (SSSR count). The summed E-state index contributed by atoms with van der Waals surface area (Å²) in [4.78, 5) is 24.2. The van der Waals surface area contributed by atoms with E-state index in [0.29, 0.717) is 102 Å². The highest BCUT2D eigenvalue weighted by molar-refractivity contribution is 6.02. The predicted molar refractivity (Wildman–Crippen MR) is 247 cm³/mol. The van der Waals surface area contributed by atoms with E-state index < -0.39 is 36.3 Å². The first-order chi connectivity index (χ1) is 31.9. The Morgan fingerprint density at radius 1 is 1.01 bits per heavy atom. The number of fused-ring (bicyclic) bond motifs is 2.